The van der Waals surface area contributed by atoms with Gasteiger partial charge in [-0.25, -0.2) is 0 Å². The van der Waals surface area contributed by atoms with Crippen LogP contribution in [0, 0.1) is 5.41 Å². The first-order valence-corrected chi connectivity index (χ1v) is 3.31. The first-order valence-electron chi connectivity index (χ1n) is 3.31. The third kappa shape index (κ3) is 2.80. The highest BCUT2D eigenvalue weighted by Crippen LogP contribution is 2.15. The first kappa shape index (κ1) is 9.63. The monoisotopic (exact) mass is 147 g/mol. The molecule has 0 radical (unpaired) electrons. The minimum atomic E-state index is 0.806. The molecule has 1 N–H and O–H groups in total. The number of hydrogen-bond donors (Lipinski definition) is 1. The van der Waals surface area contributed by atoms with Gasteiger partial charge in [0.2, 0.25) is 0 Å². The normalized spacial score (nSPS) is 10.5. The Labute approximate surface area is 68.0 Å². The van der Waals surface area contributed by atoms with Crippen LogP contribution in [0.5, 0.6) is 0 Å². The van der Waals surface area contributed by atoms with Crippen LogP contribution in [0.4, 0.5) is 0 Å². The smallest absolute Gasteiger partial charge is 0.0184 e. The molecule has 0 aromatic heterocycles. The van der Waals surface area contributed by atoms with Gasteiger partial charge in [0.1, 0.15) is 0 Å². The van der Waals surface area contributed by atoms with E-state index in [1.54, 1.807) is 12.2 Å². The van der Waals surface area contributed by atoms with E-state index in [-0.39, 0.29) is 0 Å². The quantitative estimate of drug-likeness (QED) is 0.467. The lowest BCUT2D eigenvalue weighted by Crippen LogP contribution is -1.86. The predicted molar refractivity (Wildman–Crippen MR) is 51.0 cm³/mol. The van der Waals surface area contributed by atoms with Crippen molar-refractivity contribution in [1.82, 2.24) is 0 Å². The second kappa shape index (κ2) is 4.45. The zero-order chi connectivity index (χ0) is 8.85. The highest BCUT2D eigenvalue weighted by Gasteiger charge is 1.97. The van der Waals surface area contributed by atoms with Gasteiger partial charge in [0.05, 0.1) is 0 Å². The molecule has 0 atom stereocenters. The summed E-state index contributed by atoms with van der Waals surface area (Å²) in [6, 6.07) is 0. The predicted octanol–water partition coefficient (Wildman–Crippen LogP) is 2.88. The van der Waals surface area contributed by atoms with E-state index in [0.29, 0.717) is 0 Å². The Balaban J connectivity index is 4.74. The van der Waals surface area contributed by atoms with E-state index in [1.807, 2.05) is 6.92 Å². The largest absolute Gasteiger partial charge is 0.309 e. The first-order chi connectivity index (χ1) is 5.13. The summed E-state index contributed by atoms with van der Waals surface area (Å²) in [5.41, 5.74) is 2.59. The summed E-state index contributed by atoms with van der Waals surface area (Å²) < 4.78 is 0. The number of nitrogens with one attached hydrogen (secondary N) is 1. The minimum absolute atomic E-state index is 0.806. The minimum Gasteiger partial charge on any atom is -0.309 e. The fourth-order valence-electron chi connectivity index (χ4n) is 0.717. The molecule has 0 spiro atoms. The van der Waals surface area contributed by atoms with Crippen LogP contribution in [0.1, 0.15) is 6.92 Å². The Morgan fingerprint density at radius 3 is 2.18 bits per heavy atom. The summed E-state index contributed by atoms with van der Waals surface area (Å²) in [4.78, 5) is 0. The second-order valence-electron chi connectivity index (χ2n) is 2.26. The van der Waals surface area contributed by atoms with Gasteiger partial charge >= 0.3 is 0 Å². The SMILES string of the molecule is C=CC(=C)/C(=C\C=N)C(=C)C. The molecule has 0 saturated carbocycles. The Morgan fingerprint density at radius 2 is 1.91 bits per heavy atom. The van der Waals surface area contributed by atoms with E-state index in [4.69, 9.17) is 5.41 Å². The summed E-state index contributed by atoms with van der Waals surface area (Å²) in [5.74, 6) is 0. The second-order valence-corrected chi connectivity index (χ2v) is 2.26. The van der Waals surface area contributed by atoms with Crippen LogP contribution < -0.4 is 0 Å². The van der Waals surface area contributed by atoms with Gasteiger partial charge in [-0.3, -0.25) is 0 Å². The number of hydrogen-bond acceptors (Lipinski definition) is 1. The van der Waals surface area contributed by atoms with Gasteiger partial charge in [-0.2, -0.15) is 0 Å². The van der Waals surface area contributed by atoms with E-state index in [9.17, 15) is 0 Å². The standard InChI is InChI=1S/C10H13N/c1-5-9(4)10(6-7-11)8(2)3/h5-7,11H,1-2,4H2,3H3/b10-6-,11-7?. The van der Waals surface area contributed by atoms with E-state index < -0.39 is 0 Å². The summed E-state index contributed by atoms with van der Waals surface area (Å²) in [5, 5.41) is 6.88. The Hall–Kier alpha value is -1.37. The van der Waals surface area contributed by atoms with Crippen LogP contribution in [-0.4, -0.2) is 6.21 Å². The molecular weight excluding hydrogens is 134 g/mol. The molecule has 0 aromatic carbocycles. The zero-order valence-electron chi connectivity index (χ0n) is 6.85. The van der Waals surface area contributed by atoms with Crippen molar-refractivity contribution in [2.75, 3.05) is 0 Å². The average Bonchev–Trinajstić information content (AvgIpc) is 1.98. The van der Waals surface area contributed by atoms with Gasteiger partial charge in [0.15, 0.2) is 0 Å². The van der Waals surface area contributed by atoms with Gasteiger partial charge in [-0.15, -0.1) is 0 Å². The van der Waals surface area contributed by atoms with Crippen LogP contribution in [0.15, 0.2) is 48.6 Å². The van der Waals surface area contributed by atoms with Crippen LogP contribution in [0.2, 0.25) is 0 Å². The third-order valence-corrected chi connectivity index (χ3v) is 1.30. The summed E-state index contributed by atoms with van der Waals surface area (Å²) >= 11 is 0. The summed E-state index contributed by atoms with van der Waals surface area (Å²) in [6.45, 7) is 13.0. The van der Waals surface area contributed by atoms with Gasteiger partial charge in [0, 0.05) is 6.21 Å². The highest BCUT2D eigenvalue weighted by molar-refractivity contribution is 5.73. The molecule has 1 heteroatoms. The van der Waals surface area contributed by atoms with Gasteiger partial charge in [-0.05, 0) is 24.1 Å². The molecule has 0 unspecified atom stereocenters. The van der Waals surface area contributed by atoms with Gasteiger partial charge in [-0.1, -0.05) is 31.4 Å². The van der Waals surface area contributed by atoms with Crippen molar-refractivity contribution in [3.63, 3.8) is 0 Å². The molecule has 0 aliphatic rings. The topological polar surface area (TPSA) is 23.9 Å². The fraction of sp³-hybridized carbons (Fsp3) is 0.100. The third-order valence-electron chi connectivity index (χ3n) is 1.30. The average molecular weight is 147 g/mol. The molecule has 0 rings (SSSR count). The van der Waals surface area contributed by atoms with Crippen LogP contribution in [-0.2, 0) is 0 Å². The number of rotatable bonds is 4. The Kier molecular flexibility index (Phi) is 3.89. The lowest BCUT2D eigenvalue weighted by molar-refractivity contribution is 1.41. The molecule has 0 aliphatic carbocycles. The van der Waals surface area contributed by atoms with Crippen molar-refractivity contribution in [2.45, 2.75) is 6.92 Å². The molecule has 0 aliphatic heterocycles. The van der Waals surface area contributed by atoms with Crippen molar-refractivity contribution in [1.29, 1.82) is 5.41 Å². The van der Waals surface area contributed by atoms with Gasteiger partial charge in [0.25, 0.3) is 0 Å². The summed E-state index contributed by atoms with van der Waals surface area (Å²) in [6.07, 6.45) is 4.54. The molecule has 0 fully saturated rings. The van der Waals surface area contributed by atoms with Crippen molar-refractivity contribution in [3.8, 4) is 0 Å². The summed E-state index contributed by atoms with van der Waals surface area (Å²) in [7, 11) is 0. The van der Waals surface area contributed by atoms with E-state index in [2.05, 4.69) is 19.7 Å². The van der Waals surface area contributed by atoms with E-state index in [1.165, 1.54) is 6.21 Å². The molecule has 0 bridgehead atoms. The molecule has 0 saturated heterocycles. The molecule has 0 heterocycles. The van der Waals surface area contributed by atoms with Crippen molar-refractivity contribution < 1.29 is 0 Å². The lowest BCUT2D eigenvalue weighted by atomic mass is 10.0. The van der Waals surface area contributed by atoms with Gasteiger partial charge < -0.3 is 5.41 Å². The van der Waals surface area contributed by atoms with Crippen molar-refractivity contribution in [3.05, 3.63) is 48.6 Å². The molecule has 1 nitrogen and oxygen atoms in total. The maximum Gasteiger partial charge on any atom is 0.0184 e. The lowest BCUT2D eigenvalue weighted by Gasteiger charge is -2.03. The van der Waals surface area contributed by atoms with E-state index in [0.717, 1.165) is 16.7 Å². The van der Waals surface area contributed by atoms with Crippen molar-refractivity contribution >= 4 is 6.21 Å². The molecular formula is C10H13N. The van der Waals surface area contributed by atoms with Crippen LogP contribution in [0.25, 0.3) is 0 Å². The van der Waals surface area contributed by atoms with Crippen LogP contribution >= 0.6 is 0 Å². The fourth-order valence-corrected chi connectivity index (χ4v) is 0.717. The maximum absolute atomic E-state index is 6.88. The Bertz CT molecular complexity index is 231. The highest BCUT2D eigenvalue weighted by atomic mass is 14.3. The maximum atomic E-state index is 6.88. The Morgan fingerprint density at radius 1 is 1.36 bits per heavy atom. The molecule has 0 aromatic rings. The number of allylic oxidation sites excluding steroid dienone is 5. The van der Waals surface area contributed by atoms with E-state index >= 15 is 0 Å². The molecule has 11 heavy (non-hydrogen) atoms. The van der Waals surface area contributed by atoms with Crippen molar-refractivity contribution in [2.24, 2.45) is 0 Å². The van der Waals surface area contributed by atoms with Crippen LogP contribution in [0.3, 0.4) is 0 Å². The molecule has 58 valence electrons. The zero-order valence-corrected chi connectivity index (χ0v) is 6.85. The molecule has 0 amide bonds.